The van der Waals surface area contributed by atoms with Crippen molar-refractivity contribution in [3.8, 4) is 5.75 Å². The molecule has 2 amide bonds. The summed E-state index contributed by atoms with van der Waals surface area (Å²) in [5, 5.41) is 0. The van der Waals surface area contributed by atoms with Crippen LogP contribution < -0.4 is 4.74 Å². The topological polar surface area (TPSA) is 78.5 Å². The zero-order chi connectivity index (χ0) is 19.2. The smallest absolute Gasteiger partial charge is 0.274 e. The zero-order valence-electron chi connectivity index (χ0n) is 15.9. The molecule has 0 atom stereocenters. The van der Waals surface area contributed by atoms with Crippen LogP contribution in [0.25, 0.3) is 0 Å². The normalized spacial score (nSPS) is 14.7. The molecule has 1 aromatic carbocycles. The number of nitrogens with zero attached hydrogens (tertiary/aromatic N) is 3. The van der Waals surface area contributed by atoms with Gasteiger partial charge < -0.3 is 19.5 Å². The lowest BCUT2D eigenvalue weighted by Gasteiger charge is -2.22. The maximum atomic E-state index is 12.7. The summed E-state index contributed by atoms with van der Waals surface area (Å²) in [6.45, 7) is 6.78. The summed E-state index contributed by atoms with van der Waals surface area (Å²) in [5.41, 5.74) is 2.20. The Kier molecular flexibility index (Phi) is 6.11. The third kappa shape index (κ3) is 4.67. The van der Waals surface area contributed by atoms with Gasteiger partial charge in [-0.05, 0) is 38.0 Å². The SMILES string of the molecule is CCOc1ccc(CC(=O)N2CCCN(C(=O)c3nc[nH]c3C)CC2)cc1. The highest BCUT2D eigenvalue weighted by molar-refractivity contribution is 5.93. The highest BCUT2D eigenvalue weighted by Crippen LogP contribution is 2.15. The lowest BCUT2D eigenvalue weighted by atomic mass is 10.1. The number of carbonyl (C=O) groups is 2. The van der Waals surface area contributed by atoms with Crippen LogP contribution in [0.2, 0.25) is 0 Å². The third-order valence-electron chi connectivity index (χ3n) is 4.76. The maximum Gasteiger partial charge on any atom is 0.274 e. The van der Waals surface area contributed by atoms with Crippen LogP contribution in [0.5, 0.6) is 5.75 Å². The molecule has 2 aromatic rings. The number of carbonyl (C=O) groups excluding carboxylic acids is 2. The average Bonchev–Trinajstić information content (AvgIpc) is 2.94. The van der Waals surface area contributed by atoms with E-state index in [1.54, 1.807) is 4.90 Å². The third-order valence-corrected chi connectivity index (χ3v) is 4.76. The van der Waals surface area contributed by atoms with Gasteiger partial charge >= 0.3 is 0 Å². The van der Waals surface area contributed by atoms with Gasteiger partial charge in [0.05, 0.1) is 19.4 Å². The Morgan fingerprint density at radius 3 is 2.48 bits per heavy atom. The van der Waals surface area contributed by atoms with E-state index in [4.69, 9.17) is 4.74 Å². The summed E-state index contributed by atoms with van der Waals surface area (Å²) in [6, 6.07) is 7.64. The van der Waals surface area contributed by atoms with Gasteiger partial charge in [-0.25, -0.2) is 4.98 Å². The molecule has 1 aromatic heterocycles. The van der Waals surface area contributed by atoms with Crippen LogP contribution in [0.1, 0.15) is 35.1 Å². The molecule has 7 nitrogen and oxygen atoms in total. The number of aromatic nitrogens is 2. The van der Waals surface area contributed by atoms with Crippen LogP contribution in [0.4, 0.5) is 0 Å². The minimum Gasteiger partial charge on any atom is -0.494 e. The highest BCUT2D eigenvalue weighted by Gasteiger charge is 2.24. The van der Waals surface area contributed by atoms with Crippen LogP contribution in [-0.4, -0.2) is 64.4 Å². The summed E-state index contributed by atoms with van der Waals surface area (Å²) in [5.74, 6) is 0.824. The molecular formula is C20H26N4O3. The second-order valence-corrected chi connectivity index (χ2v) is 6.66. The summed E-state index contributed by atoms with van der Waals surface area (Å²) in [7, 11) is 0. The number of imidazole rings is 1. The molecule has 1 fully saturated rings. The molecule has 27 heavy (non-hydrogen) atoms. The Bertz CT molecular complexity index is 785. The molecule has 1 N–H and O–H groups in total. The number of amides is 2. The van der Waals surface area contributed by atoms with E-state index in [1.807, 2.05) is 43.0 Å². The quantitative estimate of drug-likeness (QED) is 0.874. The zero-order valence-corrected chi connectivity index (χ0v) is 15.9. The minimum atomic E-state index is -0.0745. The molecule has 0 spiro atoms. The van der Waals surface area contributed by atoms with Gasteiger partial charge in [-0.2, -0.15) is 0 Å². The lowest BCUT2D eigenvalue weighted by Crippen LogP contribution is -2.38. The monoisotopic (exact) mass is 370 g/mol. The van der Waals surface area contributed by atoms with E-state index < -0.39 is 0 Å². The van der Waals surface area contributed by atoms with E-state index >= 15 is 0 Å². The van der Waals surface area contributed by atoms with Crippen molar-refractivity contribution in [1.82, 2.24) is 19.8 Å². The van der Waals surface area contributed by atoms with Crippen molar-refractivity contribution < 1.29 is 14.3 Å². The number of hydrogen-bond acceptors (Lipinski definition) is 4. The molecule has 0 bridgehead atoms. The average molecular weight is 370 g/mol. The van der Waals surface area contributed by atoms with Gasteiger partial charge in [0, 0.05) is 31.9 Å². The van der Waals surface area contributed by atoms with Crippen molar-refractivity contribution >= 4 is 11.8 Å². The molecule has 144 valence electrons. The molecule has 1 saturated heterocycles. The first-order chi connectivity index (χ1) is 13.1. The molecule has 1 aliphatic rings. The van der Waals surface area contributed by atoms with Crippen molar-refractivity contribution in [2.75, 3.05) is 32.8 Å². The number of hydrogen-bond donors (Lipinski definition) is 1. The standard InChI is InChI=1S/C20H26N4O3/c1-3-27-17-7-5-16(6-8-17)13-18(25)23-9-4-10-24(12-11-23)20(26)19-15(2)21-14-22-19/h5-8,14H,3-4,9-13H2,1-2H3,(H,21,22). The number of benzene rings is 1. The second kappa shape index (κ2) is 8.70. The predicted molar refractivity (Wildman–Crippen MR) is 102 cm³/mol. The molecule has 0 saturated carbocycles. The van der Waals surface area contributed by atoms with Crippen molar-refractivity contribution in [3.63, 3.8) is 0 Å². The molecular weight excluding hydrogens is 344 g/mol. The van der Waals surface area contributed by atoms with Crippen LogP contribution in [0.15, 0.2) is 30.6 Å². The first-order valence-corrected chi connectivity index (χ1v) is 9.37. The molecule has 3 rings (SSSR count). The van der Waals surface area contributed by atoms with E-state index in [-0.39, 0.29) is 11.8 Å². The van der Waals surface area contributed by atoms with Gasteiger partial charge in [0.1, 0.15) is 11.4 Å². The second-order valence-electron chi connectivity index (χ2n) is 6.66. The number of aromatic amines is 1. The van der Waals surface area contributed by atoms with Gasteiger partial charge in [0.25, 0.3) is 5.91 Å². The molecule has 0 aliphatic carbocycles. The Morgan fingerprint density at radius 1 is 1.11 bits per heavy atom. The van der Waals surface area contributed by atoms with E-state index in [0.717, 1.165) is 23.4 Å². The number of rotatable bonds is 5. The van der Waals surface area contributed by atoms with E-state index in [1.165, 1.54) is 6.33 Å². The summed E-state index contributed by atoms with van der Waals surface area (Å²) < 4.78 is 5.43. The van der Waals surface area contributed by atoms with Crippen molar-refractivity contribution in [2.45, 2.75) is 26.7 Å². The molecule has 2 heterocycles. The van der Waals surface area contributed by atoms with Gasteiger partial charge in [0.2, 0.25) is 5.91 Å². The Balaban J connectivity index is 1.56. The molecule has 7 heteroatoms. The van der Waals surface area contributed by atoms with Crippen LogP contribution in [-0.2, 0) is 11.2 Å². The summed E-state index contributed by atoms with van der Waals surface area (Å²) in [4.78, 5) is 36.0. The van der Waals surface area contributed by atoms with Crippen molar-refractivity contribution in [3.05, 3.63) is 47.5 Å². The van der Waals surface area contributed by atoms with Gasteiger partial charge in [0.15, 0.2) is 0 Å². The number of aryl methyl sites for hydroxylation is 1. The van der Waals surface area contributed by atoms with Crippen LogP contribution in [0, 0.1) is 6.92 Å². The Labute approximate surface area is 159 Å². The first-order valence-electron chi connectivity index (χ1n) is 9.37. The van der Waals surface area contributed by atoms with Crippen molar-refractivity contribution in [1.29, 1.82) is 0 Å². The van der Waals surface area contributed by atoms with Crippen molar-refractivity contribution in [2.24, 2.45) is 0 Å². The number of nitrogens with one attached hydrogen (secondary N) is 1. The fourth-order valence-electron chi connectivity index (χ4n) is 3.25. The number of H-pyrrole nitrogens is 1. The fourth-order valence-corrected chi connectivity index (χ4v) is 3.25. The summed E-state index contributed by atoms with van der Waals surface area (Å²) in [6.07, 6.45) is 2.66. The van der Waals surface area contributed by atoms with E-state index in [9.17, 15) is 9.59 Å². The van der Waals surface area contributed by atoms with E-state index in [0.29, 0.717) is 44.9 Å². The van der Waals surface area contributed by atoms with Gasteiger partial charge in [-0.15, -0.1) is 0 Å². The Hall–Kier alpha value is -2.83. The first kappa shape index (κ1) is 18.9. The fraction of sp³-hybridized carbons (Fsp3) is 0.450. The molecule has 1 aliphatic heterocycles. The lowest BCUT2D eigenvalue weighted by molar-refractivity contribution is -0.130. The molecule has 0 radical (unpaired) electrons. The number of ether oxygens (including phenoxy) is 1. The Morgan fingerprint density at radius 2 is 1.81 bits per heavy atom. The van der Waals surface area contributed by atoms with Crippen LogP contribution >= 0.6 is 0 Å². The van der Waals surface area contributed by atoms with Crippen LogP contribution in [0.3, 0.4) is 0 Å². The van der Waals surface area contributed by atoms with Gasteiger partial charge in [-0.3, -0.25) is 9.59 Å². The summed E-state index contributed by atoms with van der Waals surface area (Å²) >= 11 is 0. The van der Waals surface area contributed by atoms with E-state index in [2.05, 4.69) is 9.97 Å². The predicted octanol–water partition coefficient (Wildman–Crippen LogP) is 2.03. The minimum absolute atomic E-state index is 0.0745. The molecule has 0 unspecified atom stereocenters. The van der Waals surface area contributed by atoms with Gasteiger partial charge in [-0.1, -0.05) is 12.1 Å². The largest absolute Gasteiger partial charge is 0.494 e. The maximum absolute atomic E-state index is 12.7. The highest BCUT2D eigenvalue weighted by atomic mass is 16.5.